The molecular weight excluding hydrogens is 224 g/mol. The molecule has 3 aromatic rings. The Labute approximate surface area is 105 Å². The van der Waals surface area contributed by atoms with Gasteiger partial charge >= 0.3 is 0 Å². The van der Waals surface area contributed by atoms with Crippen molar-refractivity contribution in [3.63, 3.8) is 0 Å². The molecule has 0 radical (unpaired) electrons. The first-order valence-corrected chi connectivity index (χ1v) is 5.92. The minimum atomic E-state index is -0.676. The quantitative estimate of drug-likeness (QED) is 0.721. The number of hydrogen-bond acceptors (Lipinski definition) is 2. The lowest BCUT2D eigenvalue weighted by Gasteiger charge is -2.10. The van der Waals surface area contributed by atoms with Gasteiger partial charge in [0.1, 0.15) is 6.10 Å². The number of aliphatic hydroxyl groups is 1. The van der Waals surface area contributed by atoms with E-state index < -0.39 is 6.10 Å². The van der Waals surface area contributed by atoms with E-state index in [0.29, 0.717) is 5.69 Å². The van der Waals surface area contributed by atoms with Crippen LogP contribution in [0.5, 0.6) is 0 Å². The molecule has 3 nitrogen and oxygen atoms in total. The molecule has 3 rings (SSSR count). The Hall–Kier alpha value is -2.13. The lowest BCUT2D eigenvalue weighted by atomic mass is 10.0. The van der Waals surface area contributed by atoms with Gasteiger partial charge in [0.05, 0.1) is 5.69 Å². The molecule has 18 heavy (non-hydrogen) atoms. The Balaban J connectivity index is 2.00. The van der Waals surface area contributed by atoms with E-state index in [9.17, 15) is 5.11 Å². The Morgan fingerprint density at radius 2 is 2.06 bits per heavy atom. The molecule has 2 aromatic heterocycles. The smallest absolute Gasteiger partial charge is 0.121 e. The molecule has 0 saturated carbocycles. The highest BCUT2D eigenvalue weighted by Crippen LogP contribution is 2.23. The van der Waals surface area contributed by atoms with Gasteiger partial charge in [-0.25, -0.2) is 0 Å². The summed E-state index contributed by atoms with van der Waals surface area (Å²) in [6, 6.07) is 11.7. The van der Waals surface area contributed by atoms with Crippen LogP contribution < -0.4 is 0 Å². The fourth-order valence-electron chi connectivity index (χ4n) is 2.05. The Morgan fingerprint density at radius 1 is 1.17 bits per heavy atom. The second-order valence-electron chi connectivity index (χ2n) is 4.49. The van der Waals surface area contributed by atoms with Crippen molar-refractivity contribution in [2.24, 2.45) is 0 Å². The summed E-state index contributed by atoms with van der Waals surface area (Å²) in [7, 11) is 0. The first kappa shape index (κ1) is 11.0. The van der Waals surface area contributed by atoms with Crippen LogP contribution in [0.2, 0.25) is 0 Å². The third kappa shape index (κ3) is 1.89. The van der Waals surface area contributed by atoms with Crippen LogP contribution in [0, 0.1) is 6.92 Å². The molecule has 0 aliphatic carbocycles. The van der Waals surface area contributed by atoms with Gasteiger partial charge in [-0.2, -0.15) is 0 Å². The molecule has 90 valence electrons. The summed E-state index contributed by atoms with van der Waals surface area (Å²) in [5.74, 6) is 0. The summed E-state index contributed by atoms with van der Waals surface area (Å²) in [6.07, 6.45) is 2.99. The number of nitrogens with zero attached hydrogens (tertiary/aromatic N) is 1. The number of nitrogens with one attached hydrogen (secondary N) is 1. The lowest BCUT2D eigenvalue weighted by molar-refractivity contribution is 0.215. The summed E-state index contributed by atoms with van der Waals surface area (Å²) in [5.41, 5.74) is 3.70. The van der Waals surface area contributed by atoms with Crippen molar-refractivity contribution in [3.05, 3.63) is 65.6 Å². The van der Waals surface area contributed by atoms with E-state index in [1.54, 1.807) is 6.20 Å². The Morgan fingerprint density at radius 3 is 2.83 bits per heavy atom. The average Bonchev–Trinajstić information content (AvgIpc) is 2.86. The molecule has 2 heterocycles. The van der Waals surface area contributed by atoms with E-state index in [1.807, 2.05) is 49.5 Å². The van der Waals surface area contributed by atoms with Gasteiger partial charge in [0.15, 0.2) is 0 Å². The van der Waals surface area contributed by atoms with E-state index in [4.69, 9.17) is 0 Å². The number of aromatic amines is 1. The molecule has 0 amide bonds. The van der Waals surface area contributed by atoms with Crippen molar-refractivity contribution in [1.82, 2.24) is 9.97 Å². The fourth-order valence-corrected chi connectivity index (χ4v) is 2.05. The molecule has 1 unspecified atom stereocenters. The van der Waals surface area contributed by atoms with E-state index >= 15 is 0 Å². The predicted molar refractivity (Wildman–Crippen MR) is 71.3 cm³/mol. The molecule has 0 spiro atoms. The van der Waals surface area contributed by atoms with E-state index in [2.05, 4.69) is 9.97 Å². The van der Waals surface area contributed by atoms with Crippen LogP contribution in [-0.4, -0.2) is 15.1 Å². The number of aliphatic hydroxyl groups excluding tert-OH is 1. The second-order valence-corrected chi connectivity index (χ2v) is 4.49. The fraction of sp³-hybridized carbons (Fsp3) is 0.133. The van der Waals surface area contributed by atoms with Crippen LogP contribution >= 0.6 is 0 Å². The minimum absolute atomic E-state index is 0.676. The zero-order valence-electron chi connectivity index (χ0n) is 10.1. The van der Waals surface area contributed by atoms with Crippen LogP contribution in [0.4, 0.5) is 0 Å². The summed E-state index contributed by atoms with van der Waals surface area (Å²) in [4.78, 5) is 7.40. The first-order chi connectivity index (χ1) is 8.74. The molecule has 0 bridgehead atoms. The standard InChI is InChI=1S/C15H14N2O/c1-10-2-4-14(17-9-10)15(18)12-3-5-13-11(8-12)6-7-16-13/h2-9,15-16,18H,1H3. The van der Waals surface area contributed by atoms with Crippen LogP contribution in [0.3, 0.4) is 0 Å². The van der Waals surface area contributed by atoms with Gasteiger partial charge in [-0.15, -0.1) is 0 Å². The highest BCUT2D eigenvalue weighted by molar-refractivity contribution is 5.80. The van der Waals surface area contributed by atoms with Gasteiger partial charge in [-0.05, 0) is 47.7 Å². The van der Waals surface area contributed by atoms with Gasteiger partial charge in [0.2, 0.25) is 0 Å². The van der Waals surface area contributed by atoms with Crippen molar-refractivity contribution >= 4 is 10.9 Å². The zero-order valence-corrected chi connectivity index (χ0v) is 10.1. The number of benzene rings is 1. The van der Waals surface area contributed by atoms with Gasteiger partial charge in [0.25, 0.3) is 0 Å². The molecule has 0 aliphatic rings. The van der Waals surface area contributed by atoms with Gasteiger partial charge in [-0.1, -0.05) is 12.1 Å². The SMILES string of the molecule is Cc1ccc(C(O)c2ccc3[nH]ccc3c2)nc1. The third-order valence-electron chi connectivity index (χ3n) is 3.11. The summed E-state index contributed by atoms with van der Waals surface area (Å²) < 4.78 is 0. The number of H-pyrrole nitrogens is 1. The number of aromatic nitrogens is 2. The van der Waals surface area contributed by atoms with E-state index in [-0.39, 0.29) is 0 Å². The van der Waals surface area contributed by atoms with Crippen LogP contribution in [0.1, 0.15) is 22.9 Å². The molecule has 3 heteroatoms. The molecule has 0 aliphatic heterocycles. The average molecular weight is 238 g/mol. The van der Waals surface area contributed by atoms with Crippen molar-refractivity contribution in [3.8, 4) is 0 Å². The lowest BCUT2D eigenvalue weighted by Crippen LogP contribution is -2.02. The second kappa shape index (κ2) is 4.27. The monoisotopic (exact) mass is 238 g/mol. The third-order valence-corrected chi connectivity index (χ3v) is 3.11. The molecule has 1 aromatic carbocycles. The Kier molecular flexibility index (Phi) is 2.61. The van der Waals surface area contributed by atoms with Crippen molar-refractivity contribution in [2.45, 2.75) is 13.0 Å². The Bertz CT molecular complexity index is 670. The van der Waals surface area contributed by atoms with Crippen LogP contribution in [0.15, 0.2) is 48.8 Å². The number of pyridine rings is 1. The molecule has 1 atom stereocenters. The number of hydrogen-bond donors (Lipinski definition) is 2. The van der Waals surface area contributed by atoms with Crippen molar-refractivity contribution < 1.29 is 5.11 Å². The van der Waals surface area contributed by atoms with Crippen molar-refractivity contribution in [1.29, 1.82) is 0 Å². The molecule has 0 saturated heterocycles. The maximum absolute atomic E-state index is 10.3. The summed E-state index contributed by atoms with van der Waals surface area (Å²) in [5, 5.41) is 11.4. The highest BCUT2D eigenvalue weighted by Gasteiger charge is 2.12. The molecule has 0 fully saturated rings. The van der Waals surface area contributed by atoms with Crippen LogP contribution in [0.25, 0.3) is 10.9 Å². The zero-order chi connectivity index (χ0) is 12.5. The maximum Gasteiger partial charge on any atom is 0.121 e. The number of aryl methyl sites for hydroxylation is 1. The van der Waals surface area contributed by atoms with Crippen LogP contribution in [-0.2, 0) is 0 Å². The minimum Gasteiger partial charge on any atom is -0.382 e. The highest BCUT2D eigenvalue weighted by atomic mass is 16.3. The topological polar surface area (TPSA) is 48.9 Å². The van der Waals surface area contributed by atoms with Crippen molar-refractivity contribution in [2.75, 3.05) is 0 Å². The largest absolute Gasteiger partial charge is 0.382 e. The number of fused-ring (bicyclic) bond motifs is 1. The molecular formula is C15H14N2O. The van der Waals surface area contributed by atoms with E-state index in [0.717, 1.165) is 22.0 Å². The normalized spacial score (nSPS) is 12.8. The maximum atomic E-state index is 10.3. The number of rotatable bonds is 2. The summed E-state index contributed by atoms with van der Waals surface area (Å²) >= 11 is 0. The van der Waals surface area contributed by atoms with Gasteiger partial charge < -0.3 is 10.1 Å². The van der Waals surface area contributed by atoms with Gasteiger partial charge in [-0.3, -0.25) is 4.98 Å². The van der Waals surface area contributed by atoms with E-state index in [1.165, 1.54) is 0 Å². The molecule has 2 N–H and O–H groups in total. The summed E-state index contributed by atoms with van der Waals surface area (Å²) in [6.45, 7) is 1.98. The predicted octanol–water partition coefficient (Wildman–Crippen LogP) is 2.95. The first-order valence-electron chi connectivity index (χ1n) is 5.92. The van der Waals surface area contributed by atoms with Gasteiger partial charge in [0, 0.05) is 17.9 Å².